The molecule has 0 bridgehead atoms. The molecule has 0 saturated carbocycles. The molecule has 2 nitrogen and oxygen atoms in total. The van der Waals surface area contributed by atoms with Gasteiger partial charge in [0.05, 0.1) is 5.69 Å². The van der Waals surface area contributed by atoms with Crippen LogP contribution in [0.15, 0.2) is 23.2 Å². The Morgan fingerprint density at radius 2 is 1.86 bits per heavy atom. The van der Waals surface area contributed by atoms with Gasteiger partial charge >= 0.3 is 0 Å². The molecule has 14 heavy (non-hydrogen) atoms. The number of aryl methyl sites for hydroxylation is 1. The second-order valence-corrected chi connectivity index (χ2v) is 3.64. The summed E-state index contributed by atoms with van der Waals surface area (Å²) in [6, 6.07) is 5.73. The van der Waals surface area contributed by atoms with E-state index in [9.17, 15) is 4.79 Å². The van der Waals surface area contributed by atoms with Crippen LogP contribution >= 0.6 is 0 Å². The Hall–Kier alpha value is -1.44. The van der Waals surface area contributed by atoms with Crippen molar-refractivity contribution in [3.63, 3.8) is 0 Å². The van der Waals surface area contributed by atoms with Crippen LogP contribution in [0.25, 0.3) is 0 Å². The lowest BCUT2D eigenvalue weighted by atomic mass is 10.1. The Kier molecular flexibility index (Phi) is 3.18. The first-order chi connectivity index (χ1) is 6.50. The third-order valence-electron chi connectivity index (χ3n) is 1.88. The number of rotatable bonds is 2. The average Bonchev–Trinajstić information content (AvgIpc) is 2.07. The smallest absolute Gasteiger partial charge is 0.161 e. The van der Waals surface area contributed by atoms with Gasteiger partial charge in [-0.1, -0.05) is 11.6 Å². The summed E-state index contributed by atoms with van der Waals surface area (Å²) in [6.45, 7) is 7.38. The standard InChI is InChI=1S/C12H15NO/c1-8(2)13-12-6-5-9(3)7-11(12)10(4)14/h5-7H,1-4H3. The number of nitrogens with zero attached hydrogens (tertiary/aromatic N) is 1. The highest BCUT2D eigenvalue weighted by atomic mass is 16.1. The molecular formula is C12H15NO. The number of hydrogen-bond acceptors (Lipinski definition) is 2. The highest BCUT2D eigenvalue weighted by Gasteiger charge is 2.05. The molecule has 0 aliphatic rings. The highest BCUT2D eigenvalue weighted by Crippen LogP contribution is 2.21. The van der Waals surface area contributed by atoms with Gasteiger partial charge in [-0.25, -0.2) is 0 Å². The van der Waals surface area contributed by atoms with Crippen LogP contribution in [-0.4, -0.2) is 11.5 Å². The fourth-order valence-corrected chi connectivity index (χ4v) is 1.27. The molecule has 0 atom stereocenters. The third kappa shape index (κ3) is 2.52. The minimum Gasteiger partial charge on any atom is -0.294 e. The lowest BCUT2D eigenvalue weighted by molar-refractivity contribution is 0.101. The van der Waals surface area contributed by atoms with Gasteiger partial charge in [0, 0.05) is 11.3 Å². The molecule has 1 aromatic carbocycles. The Morgan fingerprint density at radius 1 is 1.21 bits per heavy atom. The SMILES string of the molecule is CC(=O)c1cc(C)ccc1N=C(C)C. The van der Waals surface area contributed by atoms with Crippen molar-refractivity contribution in [2.24, 2.45) is 4.99 Å². The van der Waals surface area contributed by atoms with E-state index in [1.807, 2.05) is 39.0 Å². The minimum atomic E-state index is 0.0636. The van der Waals surface area contributed by atoms with Gasteiger partial charge in [0.2, 0.25) is 0 Å². The normalized spacial score (nSPS) is 9.71. The lowest BCUT2D eigenvalue weighted by Crippen LogP contribution is -1.94. The topological polar surface area (TPSA) is 29.4 Å². The monoisotopic (exact) mass is 189 g/mol. The van der Waals surface area contributed by atoms with Gasteiger partial charge in [0.15, 0.2) is 5.78 Å². The van der Waals surface area contributed by atoms with Crippen LogP contribution in [0.2, 0.25) is 0 Å². The van der Waals surface area contributed by atoms with Crippen molar-refractivity contribution in [2.75, 3.05) is 0 Å². The summed E-state index contributed by atoms with van der Waals surface area (Å²) in [5.74, 6) is 0.0636. The molecule has 1 rings (SSSR count). The molecule has 0 saturated heterocycles. The predicted molar refractivity (Wildman–Crippen MR) is 59.6 cm³/mol. The van der Waals surface area contributed by atoms with Crippen LogP contribution in [0.4, 0.5) is 5.69 Å². The Labute approximate surface area is 84.7 Å². The predicted octanol–water partition coefficient (Wildman–Crippen LogP) is 3.31. The molecule has 0 aliphatic carbocycles. The van der Waals surface area contributed by atoms with E-state index in [1.54, 1.807) is 6.92 Å². The minimum absolute atomic E-state index is 0.0636. The number of aliphatic imine (C=N–C) groups is 1. The second kappa shape index (κ2) is 4.18. The summed E-state index contributed by atoms with van der Waals surface area (Å²) in [6.07, 6.45) is 0. The van der Waals surface area contributed by atoms with Crippen LogP contribution in [0.1, 0.15) is 36.7 Å². The van der Waals surface area contributed by atoms with Crippen LogP contribution in [0.3, 0.4) is 0 Å². The van der Waals surface area contributed by atoms with E-state index in [-0.39, 0.29) is 5.78 Å². The van der Waals surface area contributed by atoms with Gasteiger partial charge in [-0.2, -0.15) is 0 Å². The first kappa shape index (κ1) is 10.6. The maximum atomic E-state index is 11.3. The molecule has 0 radical (unpaired) electrons. The zero-order valence-corrected chi connectivity index (χ0v) is 9.09. The van der Waals surface area contributed by atoms with E-state index in [0.717, 1.165) is 17.0 Å². The molecule has 0 aromatic heterocycles. The largest absolute Gasteiger partial charge is 0.294 e. The number of carbonyl (C=O) groups is 1. The van der Waals surface area contributed by atoms with E-state index in [0.29, 0.717) is 5.56 Å². The van der Waals surface area contributed by atoms with Gasteiger partial charge < -0.3 is 0 Å². The molecule has 0 unspecified atom stereocenters. The first-order valence-electron chi connectivity index (χ1n) is 4.64. The Balaban J connectivity index is 3.29. The van der Waals surface area contributed by atoms with Gasteiger partial charge in [-0.15, -0.1) is 0 Å². The zero-order chi connectivity index (χ0) is 10.7. The summed E-state index contributed by atoms with van der Waals surface area (Å²) >= 11 is 0. The molecule has 1 aromatic rings. The Bertz CT molecular complexity index is 387. The summed E-state index contributed by atoms with van der Waals surface area (Å²) in [7, 11) is 0. The molecular weight excluding hydrogens is 174 g/mol. The van der Waals surface area contributed by atoms with Crippen LogP contribution in [0.5, 0.6) is 0 Å². The van der Waals surface area contributed by atoms with E-state index >= 15 is 0 Å². The molecule has 0 aliphatic heterocycles. The third-order valence-corrected chi connectivity index (χ3v) is 1.88. The average molecular weight is 189 g/mol. The maximum Gasteiger partial charge on any atom is 0.161 e. The van der Waals surface area contributed by atoms with E-state index in [4.69, 9.17) is 0 Å². The van der Waals surface area contributed by atoms with Crippen molar-refractivity contribution in [1.29, 1.82) is 0 Å². The van der Waals surface area contributed by atoms with Gasteiger partial charge in [-0.3, -0.25) is 9.79 Å². The van der Waals surface area contributed by atoms with Crippen molar-refractivity contribution >= 4 is 17.2 Å². The molecule has 0 fully saturated rings. The number of carbonyl (C=O) groups excluding carboxylic acids is 1. The summed E-state index contributed by atoms with van der Waals surface area (Å²) < 4.78 is 0. The number of Topliss-reactive ketones (excluding diaryl/α,β-unsaturated/α-hetero) is 1. The van der Waals surface area contributed by atoms with Crippen LogP contribution < -0.4 is 0 Å². The Morgan fingerprint density at radius 3 is 2.36 bits per heavy atom. The van der Waals surface area contributed by atoms with Gasteiger partial charge in [0.25, 0.3) is 0 Å². The van der Waals surface area contributed by atoms with Crippen molar-refractivity contribution in [2.45, 2.75) is 27.7 Å². The molecule has 2 heteroatoms. The molecule has 0 spiro atoms. The summed E-state index contributed by atoms with van der Waals surface area (Å²) in [4.78, 5) is 15.6. The number of benzene rings is 1. The van der Waals surface area contributed by atoms with E-state index in [2.05, 4.69) is 4.99 Å². The molecule has 0 amide bonds. The van der Waals surface area contributed by atoms with Gasteiger partial charge in [0.1, 0.15) is 0 Å². The molecule has 0 N–H and O–H groups in total. The van der Waals surface area contributed by atoms with Crippen molar-refractivity contribution in [1.82, 2.24) is 0 Å². The fraction of sp³-hybridized carbons (Fsp3) is 0.333. The van der Waals surface area contributed by atoms with Gasteiger partial charge in [-0.05, 0) is 39.8 Å². The van der Waals surface area contributed by atoms with E-state index in [1.165, 1.54) is 0 Å². The quantitative estimate of drug-likeness (QED) is 0.518. The first-order valence-corrected chi connectivity index (χ1v) is 4.64. The second-order valence-electron chi connectivity index (χ2n) is 3.64. The molecule has 0 heterocycles. The summed E-state index contributed by atoms with van der Waals surface area (Å²) in [5.41, 5.74) is 3.51. The zero-order valence-electron chi connectivity index (χ0n) is 9.09. The molecule has 74 valence electrons. The van der Waals surface area contributed by atoms with Crippen molar-refractivity contribution in [3.8, 4) is 0 Å². The maximum absolute atomic E-state index is 11.3. The van der Waals surface area contributed by atoms with Crippen molar-refractivity contribution < 1.29 is 4.79 Å². The lowest BCUT2D eigenvalue weighted by Gasteiger charge is -2.03. The van der Waals surface area contributed by atoms with Crippen molar-refractivity contribution in [3.05, 3.63) is 29.3 Å². The van der Waals surface area contributed by atoms with Crippen LogP contribution in [-0.2, 0) is 0 Å². The van der Waals surface area contributed by atoms with E-state index < -0.39 is 0 Å². The number of ketones is 1. The number of hydrogen-bond donors (Lipinski definition) is 0. The summed E-state index contributed by atoms with van der Waals surface area (Å²) in [5, 5.41) is 0. The highest BCUT2D eigenvalue weighted by molar-refractivity contribution is 6.00. The van der Waals surface area contributed by atoms with Crippen LogP contribution in [0, 0.1) is 6.92 Å². The fourth-order valence-electron chi connectivity index (χ4n) is 1.27.